The van der Waals surface area contributed by atoms with E-state index in [0.717, 1.165) is 38.5 Å². The SMILES string of the molecule is C.CCCCCCCCCCCCCCCCCC(=O)OCC(COC(=O)CCCOCCOC)OC(=O)CCCCCCCCCCCCCCCCC. The lowest BCUT2D eigenvalue weighted by Crippen LogP contribution is -2.31. The Balaban J connectivity index is 0. The van der Waals surface area contributed by atoms with E-state index in [4.69, 9.17) is 23.7 Å². The first-order valence-electron chi connectivity index (χ1n) is 23.1. The molecule has 0 fully saturated rings. The van der Waals surface area contributed by atoms with Crippen LogP contribution in [0.2, 0.25) is 0 Å². The van der Waals surface area contributed by atoms with Gasteiger partial charge in [0.1, 0.15) is 13.2 Å². The van der Waals surface area contributed by atoms with Gasteiger partial charge in [0.05, 0.1) is 13.2 Å². The third-order valence-electron chi connectivity index (χ3n) is 10.2. The van der Waals surface area contributed by atoms with Crippen LogP contribution in [-0.4, -0.2) is 64.2 Å². The summed E-state index contributed by atoms with van der Waals surface area (Å²) in [6.45, 7) is 5.73. The van der Waals surface area contributed by atoms with E-state index in [1.54, 1.807) is 7.11 Å². The van der Waals surface area contributed by atoms with E-state index < -0.39 is 12.1 Å². The van der Waals surface area contributed by atoms with Gasteiger partial charge in [0.25, 0.3) is 0 Å². The van der Waals surface area contributed by atoms with Gasteiger partial charge in [0.2, 0.25) is 0 Å². The van der Waals surface area contributed by atoms with Crippen molar-refractivity contribution < 1.29 is 38.1 Å². The van der Waals surface area contributed by atoms with Crippen LogP contribution in [0.4, 0.5) is 0 Å². The number of hydrogen-bond acceptors (Lipinski definition) is 8. The molecule has 0 aliphatic heterocycles. The highest BCUT2D eigenvalue weighted by Crippen LogP contribution is 2.16. The molecule has 0 amide bonds. The van der Waals surface area contributed by atoms with Crippen molar-refractivity contribution in [1.82, 2.24) is 0 Å². The monoisotopic (exact) mass is 785 g/mol. The molecule has 0 aromatic carbocycles. The van der Waals surface area contributed by atoms with Crippen LogP contribution >= 0.6 is 0 Å². The van der Waals surface area contributed by atoms with Crippen LogP contribution in [0.25, 0.3) is 0 Å². The molecule has 0 saturated carbocycles. The molecular formula is C47H92O8. The van der Waals surface area contributed by atoms with Crippen molar-refractivity contribution in [2.45, 2.75) is 246 Å². The summed E-state index contributed by atoms with van der Waals surface area (Å²) in [6, 6.07) is 0. The molecule has 0 aromatic rings. The molecule has 0 spiro atoms. The van der Waals surface area contributed by atoms with Gasteiger partial charge in [-0.1, -0.05) is 201 Å². The Morgan fingerprint density at radius 1 is 0.382 bits per heavy atom. The number of esters is 3. The van der Waals surface area contributed by atoms with Crippen LogP contribution in [-0.2, 0) is 38.1 Å². The van der Waals surface area contributed by atoms with Gasteiger partial charge >= 0.3 is 17.9 Å². The predicted octanol–water partition coefficient (Wildman–Crippen LogP) is 13.6. The Kier molecular flexibility index (Phi) is 47.1. The van der Waals surface area contributed by atoms with Crippen molar-refractivity contribution in [2.75, 3.05) is 40.1 Å². The molecule has 55 heavy (non-hydrogen) atoms. The van der Waals surface area contributed by atoms with Gasteiger partial charge in [-0.15, -0.1) is 0 Å². The normalized spacial score (nSPS) is 11.6. The molecule has 0 aromatic heterocycles. The van der Waals surface area contributed by atoms with Gasteiger partial charge < -0.3 is 23.7 Å². The van der Waals surface area contributed by atoms with Crippen LogP contribution in [0.15, 0.2) is 0 Å². The van der Waals surface area contributed by atoms with Gasteiger partial charge in [-0.2, -0.15) is 0 Å². The summed E-state index contributed by atoms with van der Waals surface area (Å²) < 4.78 is 26.9. The van der Waals surface area contributed by atoms with E-state index >= 15 is 0 Å². The van der Waals surface area contributed by atoms with E-state index in [-0.39, 0.29) is 39.0 Å². The third kappa shape index (κ3) is 44.9. The quantitative estimate of drug-likeness (QED) is 0.0342. The minimum atomic E-state index is -0.805. The Bertz CT molecular complexity index is 804. The van der Waals surface area contributed by atoms with Crippen molar-refractivity contribution >= 4 is 17.9 Å². The molecule has 0 saturated heterocycles. The number of methoxy groups -OCH3 is 1. The fourth-order valence-electron chi connectivity index (χ4n) is 6.72. The van der Waals surface area contributed by atoms with Gasteiger partial charge in [0.15, 0.2) is 6.10 Å². The largest absolute Gasteiger partial charge is 0.462 e. The first kappa shape index (κ1) is 55.4. The van der Waals surface area contributed by atoms with Crippen LogP contribution in [0.3, 0.4) is 0 Å². The lowest BCUT2D eigenvalue weighted by Gasteiger charge is -2.18. The second kappa shape index (κ2) is 46.7. The van der Waals surface area contributed by atoms with Gasteiger partial charge in [-0.05, 0) is 19.3 Å². The Labute approximate surface area is 341 Å². The van der Waals surface area contributed by atoms with Crippen LogP contribution in [0, 0.1) is 0 Å². The summed E-state index contributed by atoms with van der Waals surface area (Å²) >= 11 is 0. The standard InChI is InChI=1S/C46H88O8.CH4/c1-4-6-8-10-12-14-16-18-20-22-24-26-28-30-32-35-44(47)52-41-43(42-53-45(48)37-34-38-51-40-39-50-3)54-46(49)36-33-31-29-27-25-23-21-19-17-15-13-11-9-7-5-2;/h43H,4-42H2,1-3H3;1H4. The Morgan fingerprint density at radius 3 is 1.04 bits per heavy atom. The molecule has 0 radical (unpaired) electrons. The fourth-order valence-corrected chi connectivity index (χ4v) is 6.72. The molecule has 8 nitrogen and oxygen atoms in total. The Morgan fingerprint density at radius 2 is 0.691 bits per heavy atom. The van der Waals surface area contributed by atoms with Crippen molar-refractivity contribution in [2.24, 2.45) is 0 Å². The molecule has 0 bridgehead atoms. The minimum absolute atomic E-state index is 0. The molecule has 0 heterocycles. The predicted molar refractivity (Wildman–Crippen MR) is 230 cm³/mol. The van der Waals surface area contributed by atoms with Gasteiger partial charge in [0, 0.05) is 33.0 Å². The topological polar surface area (TPSA) is 97.4 Å². The number of ether oxygens (including phenoxy) is 5. The maximum Gasteiger partial charge on any atom is 0.306 e. The van der Waals surface area contributed by atoms with E-state index in [2.05, 4.69) is 13.8 Å². The maximum absolute atomic E-state index is 12.7. The summed E-state index contributed by atoms with van der Waals surface area (Å²) in [7, 11) is 1.61. The average molecular weight is 785 g/mol. The first-order chi connectivity index (χ1) is 26.5. The van der Waals surface area contributed by atoms with E-state index in [1.165, 1.54) is 154 Å². The maximum atomic E-state index is 12.7. The summed E-state index contributed by atoms with van der Waals surface area (Å²) in [5, 5.41) is 0. The number of hydrogen-bond donors (Lipinski definition) is 0. The molecule has 0 rings (SSSR count). The van der Waals surface area contributed by atoms with Crippen LogP contribution in [0.1, 0.15) is 240 Å². The molecule has 8 heteroatoms. The lowest BCUT2D eigenvalue weighted by atomic mass is 10.0. The van der Waals surface area contributed by atoms with Crippen LogP contribution < -0.4 is 0 Å². The van der Waals surface area contributed by atoms with Gasteiger partial charge in [-0.3, -0.25) is 14.4 Å². The molecular weight excluding hydrogens is 693 g/mol. The van der Waals surface area contributed by atoms with Crippen molar-refractivity contribution in [3.05, 3.63) is 0 Å². The molecule has 328 valence electrons. The smallest absolute Gasteiger partial charge is 0.306 e. The highest BCUT2D eigenvalue weighted by molar-refractivity contribution is 5.71. The summed E-state index contributed by atoms with van der Waals surface area (Å²) in [5.74, 6) is -1.03. The first-order valence-corrected chi connectivity index (χ1v) is 23.1. The summed E-state index contributed by atoms with van der Waals surface area (Å²) in [6.07, 6.45) is 38.7. The van der Waals surface area contributed by atoms with Crippen LogP contribution in [0.5, 0.6) is 0 Å². The van der Waals surface area contributed by atoms with E-state index in [1.807, 2.05) is 0 Å². The van der Waals surface area contributed by atoms with Crippen molar-refractivity contribution in [3.8, 4) is 0 Å². The minimum Gasteiger partial charge on any atom is -0.462 e. The zero-order valence-corrected chi connectivity index (χ0v) is 35.9. The van der Waals surface area contributed by atoms with E-state index in [0.29, 0.717) is 39.1 Å². The molecule has 0 N–H and O–H groups in total. The fraction of sp³-hybridized carbons (Fsp3) is 0.936. The Hall–Kier alpha value is -1.67. The molecule has 0 aliphatic rings. The number of carbonyl (C=O) groups is 3. The zero-order valence-electron chi connectivity index (χ0n) is 35.9. The highest BCUT2D eigenvalue weighted by Gasteiger charge is 2.19. The number of unbranched alkanes of at least 4 members (excludes halogenated alkanes) is 28. The third-order valence-corrected chi connectivity index (χ3v) is 10.2. The lowest BCUT2D eigenvalue weighted by molar-refractivity contribution is -0.167. The van der Waals surface area contributed by atoms with Gasteiger partial charge in [-0.25, -0.2) is 0 Å². The molecule has 1 unspecified atom stereocenters. The van der Waals surface area contributed by atoms with Crippen molar-refractivity contribution in [3.63, 3.8) is 0 Å². The average Bonchev–Trinajstić information content (AvgIpc) is 3.17. The van der Waals surface area contributed by atoms with E-state index in [9.17, 15) is 14.4 Å². The highest BCUT2D eigenvalue weighted by atomic mass is 16.6. The summed E-state index contributed by atoms with van der Waals surface area (Å²) in [5.41, 5.74) is 0. The number of carbonyl (C=O) groups excluding carboxylic acids is 3. The molecule has 1 atom stereocenters. The summed E-state index contributed by atoms with van der Waals surface area (Å²) in [4.78, 5) is 37.5. The second-order valence-electron chi connectivity index (χ2n) is 15.6. The van der Waals surface area contributed by atoms with Crippen molar-refractivity contribution in [1.29, 1.82) is 0 Å². The zero-order chi connectivity index (χ0) is 39.4. The number of rotatable bonds is 44. The molecule has 0 aliphatic carbocycles. The second-order valence-corrected chi connectivity index (χ2v) is 15.6.